The second-order valence-electron chi connectivity index (χ2n) is 11.0. The summed E-state index contributed by atoms with van der Waals surface area (Å²) < 4.78 is 9.43. The molecule has 5 rings (SSSR count). The predicted molar refractivity (Wildman–Crippen MR) is 149 cm³/mol. The van der Waals surface area contributed by atoms with Crippen molar-refractivity contribution >= 4 is 17.6 Å². The first-order valence-electron chi connectivity index (χ1n) is 13.1. The maximum Gasteiger partial charge on any atom is 0.411 e. The summed E-state index contributed by atoms with van der Waals surface area (Å²) in [6, 6.07) is 13.6. The minimum atomic E-state index is -0.590. The summed E-state index contributed by atoms with van der Waals surface area (Å²) in [6.45, 7) is 9.89. The molecule has 1 saturated heterocycles. The number of fused-ring (bicyclic) bond motifs is 1. The Bertz CT molecular complexity index is 1530. The number of likely N-dealkylation sites (tertiary alicyclic amines) is 1. The first-order valence-corrected chi connectivity index (χ1v) is 13.1. The smallest absolute Gasteiger partial charge is 0.411 e. The van der Waals surface area contributed by atoms with Gasteiger partial charge in [0.05, 0.1) is 35.5 Å². The van der Waals surface area contributed by atoms with Gasteiger partial charge in [0.2, 0.25) is 0 Å². The van der Waals surface area contributed by atoms with Crippen molar-refractivity contribution in [3.63, 3.8) is 0 Å². The van der Waals surface area contributed by atoms with Crippen LogP contribution in [0.2, 0.25) is 0 Å². The van der Waals surface area contributed by atoms with E-state index in [1.807, 2.05) is 80.4 Å². The number of carbonyl (C=O) groups excluding carboxylic acids is 2. The van der Waals surface area contributed by atoms with Gasteiger partial charge in [-0.05, 0) is 72.0 Å². The number of nitrogens with one attached hydrogen (secondary N) is 2. The minimum Gasteiger partial charge on any atom is -0.444 e. The Balaban J connectivity index is 1.32. The van der Waals surface area contributed by atoms with Crippen LogP contribution < -0.4 is 10.6 Å². The largest absolute Gasteiger partial charge is 0.444 e. The van der Waals surface area contributed by atoms with E-state index in [1.165, 1.54) is 0 Å². The van der Waals surface area contributed by atoms with Crippen LogP contribution in [0.15, 0.2) is 54.9 Å². The summed E-state index contributed by atoms with van der Waals surface area (Å²) in [7, 11) is 1.79. The Hall–Kier alpha value is -4.18. The molecule has 1 aliphatic heterocycles. The molecule has 0 aliphatic carbocycles. The molecule has 3 aromatic heterocycles. The van der Waals surface area contributed by atoms with Crippen LogP contribution in [0.4, 0.5) is 4.79 Å². The van der Waals surface area contributed by atoms with Gasteiger partial charge in [-0.15, -0.1) is 0 Å². The Morgan fingerprint density at radius 2 is 1.90 bits per heavy atom. The molecule has 2 amide bonds. The van der Waals surface area contributed by atoms with Crippen molar-refractivity contribution in [3.8, 4) is 16.9 Å². The molecule has 0 saturated carbocycles. The highest BCUT2D eigenvalue weighted by Crippen LogP contribution is 2.25. The van der Waals surface area contributed by atoms with E-state index in [0.717, 1.165) is 28.3 Å². The molecular formula is C29H35N7O3. The molecule has 39 heavy (non-hydrogen) atoms. The number of nitrogens with zero attached hydrogens (tertiary/aromatic N) is 5. The summed E-state index contributed by atoms with van der Waals surface area (Å²) in [6.07, 6.45) is 3.65. The van der Waals surface area contributed by atoms with Gasteiger partial charge >= 0.3 is 6.09 Å². The van der Waals surface area contributed by atoms with Gasteiger partial charge in [-0.1, -0.05) is 12.1 Å². The van der Waals surface area contributed by atoms with Crippen molar-refractivity contribution in [1.82, 2.24) is 34.7 Å². The van der Waals surface area contributed by atoms with Gasteiger partial charge in [-0.2, -0.15) is 5.10 Å². The summed E-state index contributed by atoms with van der Waals surface area (Å²) >= 11 is 0. The quantitative estimate of drug-likeness (QED) is 0.404. The van der Waals surface area contributed by atoms with E-state index in [1.54, 1.807) is 24.1 Å². The maximum atomic E-state index is 13.1. The molecular weight excluding hydrogens is 494 g/mol. The molecule has 4 heterocycles. The van der Waals surface area contributed by atoms with Crippen LogP contribution in [0.5, 0.6) is 0 Å². The normalized spacial score (nSPS) is 17.5. The third-order valence-corrected chi connectivity index (χ3v) is 6.77. The highest BCUT2D eigenvalue weighted by Gasteiger charge is 2.37. The lowest BCUT2D eigenvalue weighted by molar-refractivity contribution is 0.0203. The number of ether oxygens (including phenoxy) is 1. The average Bonchev–Trinajstić information content (AvgIpc) is 3.58. The fourth-order valence-electron chi connectivity index (χ4n) is 5.03. The van der Waals surface area contributed by atoms with Crippen LogP contribution in [-0.4, -0.2) is 67.5 Å². The van der Waals surface area contributed by atoms with Gasteiger partial charge in [0.15, 0.2) is 0 Å². The minimum absolute atomic E-state index is 0.203. The number of pyridine rings is 1. The Morgan fingerprint density at radius 3 is 2.59 bits per heavy atom. The van der Waals surface area contributed by atoms with Crippen molar-refractivity contribution in [2.24, 2.45) is 0 Å². The highest BCUT2D eigenvalue weighted by atomic mass is 16.6. The lowest BCUT2D eigenvalue weighted by atomic mass is 10.1. The standard InChI is InChI=1S/C29H35N7O3/c1-18-12-19(2)36(33-18)23-9-7-8-20(13-23)24-16-31-26-14-21(10-11-34(24)26)27(37)32-22-15-25(30-6)35(17-22)28(38)39-29(3,4)5/h7-14,16,22,25,30H,15,17H2,1-6H3,(H,32,37)/t22-,25+/m0/s1. The van der Waals surface area contributed by atoms with E-state index in [-0.39, 0.29) is 18.1 Å². The van der Waals surface area contributed by atoms with E-state index in [9.17, 15) is 9.59 Å². The van der Waals surface area contributed by atoms with Gasteiger partial charge in [0.25, 0.3) is 5.91 Å². The van der Waals surface area contributed by atoms with Gasteiger partial charge < -0.3 is 15.4 Å². The second kappa shape index (κ2) is 10.2. The third kappa shape index (κ3) is 5.51. The van der Waals surface area contributed by atoms with Crippen LogP contribution in [0.1, 0.15) is 48.9 Å². The Morgan fingerprint density at radius 1 is 1.10 bits per heavy atom. The topological polar surface area (TPSA) is 106 Å². The van der Waals surface area contributed by atoms with Crippen molar-refractivity contribution in [3.05, 3.63) is 71.8 Å². The molecule has 0 bridgehead atoms. The average molecular weight is 530 g/mol. The molecule has 204 valence electrons. The van der Waals surface area contributed by atoms with Gasteiger partial charge in [0, 0.05) is 36.0 Å². The van der Waals surface area contributed by atoms with E-state index in [0.29, 0.717) is 24.2 Å². The number of imidazole rings is 1. The molecule has 0 unspecified atom stereocenters. The molecule has 10 nitrogen and oxygen atoms in total. The number of amides is 2. The van der Waals surface area contributed by atoms with E-state index in [2.05, 4.69) is 26.8 Å². The predicted octanol–water partition coefficient (Wildman–Crippen LogP) is 4.09. The van der Waals surface area contributed by atoms with Crippen molar-refractivity contribution in [2.75, 3.05) is 13.6 Å². The Kier molecular flexibility index (Phi) is 6.90. The maximum absolute atomic E-state index is 13.1. The van der Waals surface area contributed by atoms with Crippen LogP contribution in [0.3, 0.4) is 0 Å². The van der Waals surface area contributed by atoms with E-state index >= 15 is 0 Å². The molecule has 2 N–H and O–H groups in total. The Labute approximate surface area is 228 Å². The lowest BCUT2D eigenvalue weighted by Crippen LogP contribution is -2.45. The molecule has 1 fully saturated rings. The van der Waals surface area contributed by atoms with Gasteiger partial charge in [-0.3, -0.25) is 14.1 Å². The van der Waals surface area contributed by atoms with Crippen LogP contribution >= 0.6 is 0 Å². The number of rotatable bonds is 5. The zero-order valence-corrected chi connectivity index (χ0v) is 23.2. The van der Waals surface area contributed by atoms with E-state index in [4.69, 9.17) is 4.74 Å². The van der Waals surface area contributed by atoms with Crippen LogP contribution in [-0.2, 0) is 4.74 Å². The number of aromatic nitrogens is 4. The van der Waals surface area contributed by atoms with Gasteiger partial charge in [-0.25, -0.2) is 14.5 Å². The SMILES string of the molecule is CN[C@H]1C[C@H](NC(=O)c2ccn3c(-c4cccc(-n5nc(C)cc5C)c4)cnc3c2)CN1C(=O)OC(C)(C)C. The molecule has 0 spiro atoms. The molecule has 1 aliphatic rings. The van der Waals surface area contributed by atoms with Crippen molar-refractivity contribution in [1.29, 1.82) is 0 Å². The number of hydrogen-bond acceptors (Lipinski definition) is 6. The molecule has 2 atom stereocenters. The van der Waals surface area contributed by atoms with Crippen LogP contribution in [0, 0.1) is 13.8 Å². The van der Waals surface area contributed by atoms with Gasteiger partial charge in [0.1, 0.15) is 11.2 Å². The number of benzene rings is 1. The van der Waals surface area contributed by atoms with Crippen molar-refractivity contribution in [2.45, 2.75) is 58.8 Å². The number of carbonyl (C=O) groups is 2. The molecule has 0 radical (unpaired) electrons. The third-order valence-electron chi connectivity index (χ3n) is 6.77. The summed E-state index contributed by atoms with van der Waals surface area (Å²) in [5.74, 6) is -0.209. The first kappa shape index (κ1) is 26.4. The fraction of sp³-hybridized carbons (Fsp3) is 0.379. The summed E-state index contributed by atoms with van der Waals surface area (Å²) in [5, 5.41) is 10.8. The zero-order valence-electron chi connectivity index (χ0n) is 23.2. The fourth-order valence-corrected chi connectivity index (χ4v) is 5.03. The monoisotopic (exact) mass is 529 g/mol. The van der Waals surface area contributed by atoms with E-state index < -0.39 is 11.7 Å². The second-order valence-corrected chi connectivity index (χ2v) is 11.0. The van der Waals surface area contributed by atoms with Crippen molar-refractivity contribution < 1.29 is 14.3 Å². The molecule has 4 aromatic rings. The first-order chi connectivity index (χ1) is 18.5. The summed E-state index contributed by atoms with van der Waals surface area (Å²) in [4.78, 5) is 32.0. The number of hydrogen-bond donors (Lipinski definition) is 2. The lowest BCUT2D eigenvalue weighted by Gasteiger charge is -2.28. The summed E-state index contributed by atoms with van der Waals surface area (Å²) in [5.41, 5.74) is 5.51. The van der Waals surface area contributed by atoms with Crippen LogP contribution in [0.25, 0.3) is 22.6 Å². The molecule has 1 aromatic carbocycles. The molecule has 10 heteroatoms. The highest BCUT2D eigenvalue weighted by molar-refractivity contribution is 5.95. The zero-order chi connectivity index (χ0) is 27.9. The number of aryl methyl sites for hydroxylation is 2.